The maximum atomic E-state index is 12.5. The van der Waals surface area contributed by atoms with E-state index in [9.17, 15) is 8.42 Å². The zero-order valence-corrected chi connectivity index (χ0v) is 16.7. The summed E-state index contributed by atoms with van der Waals surface area (Å²) in [6.07, 6.45) is 0.593. The molecule has 0 fully saturated rings. The summed E-state index contributed by atoms with van der Waals surface area (Å²) in [5.41, 5.74) is 4.24. The minimum atomic E-state index is -3.52. The Morgan fingerprint density at radius 3 is 2.46 bits per heavy atom. The van der Waals surface area contributed by atoms with E-state index < -0.39 is 10.0 Å². The largest absolute Gasteiger partial charge is 0.358 e. The van der Waals surface area contributed by atoms with Crippen molar-refractivity contribution in [3.05, 3.63) is 64.3 Å². The lowest BCUT2D eigenvalue weighted by molar-refractivity contribution is 0.581. The first kappa shape index (κ1) is 19.0. The summed E-state index contributed by atoms with van der Waals surface area (Å²) in [5, 5.41) is 1.71. The Labute approximate surface area is 159 Å². The molecule has 3 aromatic rings. The first-order chi connectivity index (χ1) is 12.3. The Kier molecular flexibility index (Phi) is 5.42. The first-order valence-electron chi connectivity index (χ1n) is 8.64. The van der Waals surface area contributed by atoms with Gasteiger partial charge in [0.1, 0.15) is 0 Å². The van der Waals surface area contributed by atoms with Gasteiger partial charge in [-0.15, -0.1) is 0 Å². The second kappa shape index (κ2) is 7.43. The molecular formula is C20H23ClN2O2S. The quantitative estimate of drug-likeness (QED) is 0.636. The van der Waals surface area contributed by atoms with Gasteiger partial charge < -0.3 is 4.98 Å². The highest BCUT2D eigenvalue weighted by Crippen LogP contribution is 2.25. The van der Waals surface area contributed by atoms with Crippen LogP contribution in [0.5, 0.6) is 0 Å². The van der Waals surface area contributed by atoms with Crippen molar-refractivity contribution in [1.82, 2.24) is 9.71 Å². The molecule has 0 unspecified atom stereocenters. The highest BCUT2D eigenvalue weighted by molar-refractivity contribution is 7.89. The summed E-state index contributed by atoms with van der Waals surface area (Å²) in [6.45, 7) is 6.48. The average Bonchev–Trinajstić information content (AvgIpc) is 2.90. The Morgan fingerprint density at radius 1 is 1.12 bits per heavy atom. The number of fused-ring (bicyclic) bond motifs is 1. The minimum Gasteiger partial charge on any atom is -0.358 e. The van der Waals surface area contributed by atoms with E-state index in [1.54, 1.807) is 12.1 Å². The van der Waals surface area contributed by atoms with Crippen LogP contribution in [0.3, 0.4) is 0 Å². The molecule has 0 spiro atoms. The van der Waals surface area contributed by atoms with Crippen molar-refractivity contribution in [2.45, 2.75) is 38.0 Å². The van der Waals surface area contributed by atoms with Gasteiger partial charge in [-0.05, 0) is 60.7 Å². The van der Waals surface area contributed by atoms with Crippen molar-refractivity contribution in [3.8, 4) is 0 Å². The predicted octanol–water partition coefficient (Wildman–Crippen LogP) is 4.77. The molecule has 4 nitrogen and oxygen atoms in total. The Bertz CT molecular complexity index is 1020. The molecular weight excluding hydrogens is 368 g/mol. The van der Waals surface area contributed by atoms with Gasteiger partial charge in [0.05, 0.1) is 4.90 Å². The van der Waals surface area contributed by atoms with Crippen molar-refractivity contribution in [2.75, 3.05) is 6.54 Å². The molecule has 6 heteroatoms. The van der Waals surface area contributed by atoms with Crippen molar-refractivity contribution in [3.63, 3.8) is 0 Å². The smallest absolute Gasteiger partial charge is 0.240 e. The molecule has 0 amide bonds. The highest BCUT2D eigenvalue weighted by Gasteiger charge is 2.15. The highest BCUT2D eigenvalue weighted by atomic mass is 35.5. The van der Waals surface area contributed by atoms with Gasteiger partial charge in [0.25, 0.3) is 0 Å². The monoisotopic (exact) mass is 390 g/mol. The number of aromatic nitrogens is 1. The van der Waals surface area contributed by atoms with E-state index in [-0.39, 0.29) is 0 Å². The van der Waals surface area contributed by atoms with Gasteiger partial charge >= 0.3 is 0 Å². The molecule has 2 N–H and O–H groups in total. The minimum absolute atomic E-state index is 0.292. The Hall–Kier alpha value is -1.82. The normalized spacial score (nSPS) is 12.2. The van der Waals surface area contributed by atoms with E-state index in [0.29, 0.717) is 28.8 Å². The number of aromatic amines is 1. The molecule has 0 atom stereocenters. The number of hydrogen-bond donors (Lipinski definition) is 2. The fourth-order valence-corrected chi connectivity index (χ4v) is 4.31. The van der Waals surface area contributed by atoms with Crippen LogP contribution in [0.15, 0.2) is 47.4 Å². The average molecular weight is 391 g/mol. The number of nitrogens with one attached hydrogen (secondary N) is 2. The van der Waals surface area contributed by atoms with Crippen LogP contribution in [-0.2, 0) is 16.4 Å². The van der Waals surface area contributed by atoms with E-state index in [2.05, 4.69) is 23.6 Å². The van der Waals surface area contributed by atoms with Gasteiger partial charge in [-0.1, -0.05) is 37.6 Å². The fraction of sp³-hybridized carbons (Fsp3) is 0.300. The zero-order valence-electron chi connectivity index (χ0n) is 15.1. The van der Waals surface area contributed by atoms with Crippen LogP contribution in [0.2, 0.25) is 5.02 Å². The van der Waals surface area contributed by atoms with E-state index >= 15 is 0 Å². The summed E-state index contributed by atoms with van der Waals surface area (Å²) in [7, 11) is -3.52. The summed E-state index contributed by atoms with van der Waals surface area (Å²) in [4.78, 5) is 3.61. The van der Waals surface area contributed by atoms with Crippen LogP contribution < -0.4 is 4.72 Å². The van der Waals surface area contributed by atoms with Gasteiger partial charge in [-0.25, -0.2) is 13.1 Å². The maximum absolute atomic E-state index is 12.5. The molecule has 0 saturated carbocycles. The second-order valence-electron chi connectivity index (χ2n) is 6.79. The SMILES string of the molecule is Cc1[nH]c2ccc(Cl)cc2c1CCNS(=O)(=O)c1ccc(C(C)C)cc1. The summed E-state index contributed by atoms with van der Waals surface area (Å²) >= 11 is 6.10. The number of H-pyrrole nitrogens is 1. The number of benzene rings is 2. The van der Waals surface area contributed by atoms with E-state index in [0.717, 1.165) is 27.7 Å². The van der Waals surface area contributed by atoms with Crippen molar-refractivity contribution in [2.24, 2.45) is 0 Å². The van der Waals surface area contributed by atoms with Crippen molar-refractivity contribution < 1.29 is 8.42 Å². The standard InChI is InChI=1S/C20H23ClN2O2S/c1-13(2)15-4-7-17(8-5-15)26(24,25)22-11-10-18-14(3)23-20-9-6-16(21)12-19(18)20/h4-9,12-13,22-23H,10-11H2,1-3H3. The Morgan fingerprint density at radius 2 is 1.81 bits per heavy atom. The van der Waals surface area contributed by atoms with Gasteiger partial charge in [-0.2, -0.15) is 0 Å². The van der Waals surface area contributed by atoms with Crippen LogP contribution >= 0.6 is 11.6 Å². The fourth-order valence-electron chi connectivity index (χ4n) is 3.10. The molecule has 0 aliphatic heterocycles. The summed E-state index contributed by atoms with van der Waals surface area (Å²) in [6, 6.07) is 12.7. The molecule has 0 aliphatic rings. The van der Waals surface area contributed by atoms with Gasteiger partial charge in [-0.3, -0.25) is 0 Å². The number of halogens is 1. The zero-order chi connectivity index (χ0) is 18.9. The predicted molar refractivity (Wildman–Crippen MR) is 107 cm³/mol. The molecule has 3 rings (SSSR count). The molecule has 0 radical (unpaired) electrons. The molecule has 0 aliphatic carbocycles. The lowest BCUT2D eigenvalue weighted by Gasteiger charge is -2.09. The van der Waals surface area contributed by atoms with Crippen LogP contribution in [-0.4, -0.2) is 19.9 Å². The molecule has 0 bridgehead atoms. The summed E-state index contributed by atoms with van der Waals surface area (Å²) < 4.78 is 27.7. The molecule has 138 valence electrons. The lowest BCUT2D eigenvalue weighted by atomic mass is 10.0. The molecule has 1 heterocycles. The van der Waals surface area contributed by atoms with Crippen LogP contribution in [0.25, 0.3) is 10.9 Å². The number of sulfonamides is 1. The molecule has 0 saturated heterocycles. The summed E-state index contributed by atoms with van der Waals surface area (Å²) in [5.74, 6) is 0.372. The van der Waals surface area contributed by atoms with Gasteiger partial charge in [0.2, 0.25) is 10.0 Å². The molecule has 2 aromatic carbocycles. The van der Waals surface area contributed by atoms with E-state index in [1.807, 2.05) is 37.3 Å². The number of hydrogen-bond acceptors (Lipinski definition) is 2. The topological polar surface area (TPSA) is 62.0 Å². The second-order valence-corrected chi connectivity index (χ2v) is 8.99. The van der Waals surface area contributed by atoms with E-state index in [1.165, 1.54) is 0 Å². The first-order valence-corrected chi connectivity index (χ1v) is 10.5. The van der Waals surface area contributed by atoms with Gasteiger partial charge in [0.15, 0.2) is 0 Å². The maximum Gasteiger partial charge on any atom is 0.240 e. The molecule has 26 heavy (non-hydrogen) atoms. The third-order valence-corrected chi connectivity index (χ3v) is 6.32. The third-order valence-electron chi connectivity index (χ3n) is 4.61. The van der Waals surface area contributed by atoms with Crippen molar-refractivity contribution >= 4 is 32.5 Å². The third kappa shape index (κ3) is 3.95. The number of rotatable bonds is 6. The van der Waals surface area contributed by atoms with Gasteiger partial charge in [0, 0.05) is 28.2 Å². The van der Waals surface area contributed by atoms with Crippen LogP contribution in [0.4, 0.5) is 0 Å². The lowest BCUT2D eigenvalue weighted by Crippen LogP contribution is -2.26. The Balaban J connectivity index is 1.73. The molecule has 1 aromatic heterocycles. The number of aryl methyl sites for hydroxylation is 1. The van der Waals surface area contributed by atoms with Crippen LogP contribution in [0.1, 0.15) is 36.6 Å². The van der Waals surface area contributed by atoms with Crippen LogP contribution in [0, 0.1) is 6.92 Å². The van der Waals surface area contributed by atoms with Crippen molar-refractivity contribution in [1.29, 1.82) is 0 Å². The van der Waals surface area contributed by atoms with E-state index in [4.69, 9.17) is 11.6 Å².